The van der Waals surface area contributed by atoms with Crippen molar-refractivity contribution in [1.29, 1.82) is 0 Å². The summed E-state index contributed by atoms with van der Waals surface area (Å²) in [4.78, 5) is 15.4. The maximum atomic E-state index is 13.1. The molecule has 4 N–H and O–H groups in total. The Kier molecular flexibility index (Phi) is 5.88. The first-order chi connectivity index (χ1) is 12.9. The molecule has 1 unspecified atom stereocenters. The van der Waals surface area contributed by atoms with Crippen LogP contribution < -0.4 is 5.32 Å². The lowest BCUT2D eigenvalue weighted by atomic mass is 10.0. The molecule has 3 aromatic rings. The Morgan fingerprint density at radius 2 is 1.78 bits per heavy atom. The second-order valence-corrected chi connectivity index (χ2v) is 6.78. The van der Waals surface area contributed by atoms with Crippen LogP contribution in [0.25, 0.3) is 22.0 Å². The zero-order chi connectivity index (χ0) is 19.4. The Morgan fingerprint density at radius 1 is 1.07 bits per heavy atom. The molecule has 3 rings (SSSR count). The van der Waals surface area contributed by atoms with Gasteiger partial charge in [0.1, 0.15) is 11.5 Å². The van der Waals surface area contributed by atoms with Gasteiger partial charge in [-0.2, -0.15) is 0 Å². The third-order valence-corrected chi connectivity index (χ3v) is 4.46. The minimum atomic E-state index is -0.696. The molecule has 5 nitrogen and oxygen atoms in total. The normalized spacial score (nSPS) is 13.5. The van der Waals surface area contributed by atoms with Gasteiger partial charge in [-0.15, -0.1) is 0 Å². The fourth-order valence-electron chi connectivity index (χ4n) is 2.91. The van der Waals surface area contributed by atoms with Gasteiger partial charge in [-0.25, -0.2) is 4.39 Å². The van der Waals surface area contributed by atoms with E-state index < -0.39 is 12.2 Å². The number of amides is 1. The molecule has 0 aliphatic carbocycles. The number of hydrogen-bond acceptors (Lipinski definition) is 3. The van der Waals surface area contributed by atoms with Crippen LogP contribution in [0.4, 0.5) is 4.39 Å². The average Bonchev–Trinajstić information content (AvgIpc) is 3.08. The fraction of sp³-hybridized carbons (Fsp3) is 0.286. The lowest BCUT2D eigenvalue weighted by molar-refractivity contribution is 0.0885. The summed E-state index contributed by atoms with van der Waals surface area (Å²) < 4.78 is 13.1. The highest BCUT2D eigenvalue weighted by atomic mass is 19.1. The number of rotatable bonds is 7. The number of carbonyl (C=O) groups is 1. The van der Waals surface area contributed by atoms with Gasteiger partial charge < -0.3 is 20.5 Å². The molecule has 0 radical (unpaired) electrons. The zero-order valence-electron chi connectivity index (χ0n) is 15.1. The van der Waals surface area contributed by atoms with Gasteiger partial charge in [-0.1, -0.05) is 24.3 Å². The predicted molar refractivity (Wildman–Crippen MR) is 103 cm³/mol. The van der Waals surface area contributed by atoms with E-state index in [0.29, 0.717) is 18.5 Å². The van der Waals surface area contributed by atoms with Crippen molar-refractivity contribution in [2.75, 3.05) is 6.54 Å². The number of aromatic amines is 1. The number of aliphatic hydroxyl groups excluding tert-OH is 2. The van der Waals surface area contributed by atoms with Gasteiger partial charge in [0.15, 0.2) is 0 Å². The third kappa shape index (κ3) is 4.93. The molecule has 0 fully saturated rings. The number of fused-ring (bicyclic) bond motifs is 1. The molecule has 142 valence electrons. The topological polar surface area (TPSA) is 85.3 Å². The summed E-state index contributed by atoms with van der Waals surface area (Å²) in [6.45, 7) is 1.79. The molecule has 2 aromatic carbocycles. The van der Waals surface area contributed by atoms with E-state index >= 15 is 0 Å². The van der Waals surface area contributed by atoms with Crippen molar-refractivity contribution in [2.24, 2.45) is 0 Å². The van der Waals surface area contributed by atoms with Crippen LogP contribution in [-0.2, 0) is 0 Å². The molecule has 0 spiro atoms. The number of H-pyrrole nitrogens is 1. The first kappa shape index (κ1) is 19.1. The summed E-state index contributed by atoms with van der Waals surface area (Å²) in [7, 11) is 0. The minimum Gasteiger partial charge on any atom is -0.393 e. The second kappa shape index (κ2) is 8.33. The van der Waals surface area contributed by atoms with Crippen molar-refractivity contribution in [3.63, 3.8) is 0 Å². The summed E-state index contributed by atoms with van der Waals surface area (Å²) in [6, 6.07) is 13.7. The van der Waals surface area contributed by atoms with Gasteiger partial charge in [0.05, 0.1) is 12.2 Å². The maximum Gasteiger partial charge on any atom is 0.267 e. The number of aromatic nitrogens is 1. The number of halogens is 1. The number of benzene rings is 2. The average molecular weight is 370 g/mol. The SMILES string of the molecule is CC(O)CC[C@H](O)CNC(=O)c1cc2ccc(-c3ccc(F)cc3)cc2[nH]1. The van der Waals surface area contributed by atoms with Crippen LogP contribution in [0, 0.1) is 5.82 Å². The Hall–Kier alpha value is -2.70. The maximum absolute atomic E-state index is 13.1. The molecule has 0 saturated carbocycles. The van der Waals surface area contributed by atoms with Crippen molar-refractivity contribution in [1.82, 2.24) is 10.3 Å². The molecule has 0 aliphatic rings. The Labute approximate surface area is 156 Å². The van der Waals surface area contributed by atoms with Crippen molar-refractivity contribution >= 4 is 16.8 Å². The molecule has 27 heavy (non-hydrogen) atoms. The van der Waals surface area contributed by atoms with Gasteiger partial charge in [-0.3, -0.25) is 4.79 Å². The van der Waals surface area contributed by atoms with E-state index in [0.717, 1.165) is 22.0 Å². The summed E-state index contributed by atoms with van der Waals surface area (Å²) in [5, 5.41) is 22.7. The molecule has 1 aromatic heterocycles. The number of aliphatic hydroxyl groups is 2. The van der Waals surface area contributed by atoms with E-state index in [1.54, 1.807) is 25.1 Å². The van der Waals surface area contributed by atoms with E-state index in [-0.39, 0.29) is 18.3 Å². The third-order valence-electron chi connectivity index (χ3n) is 4.46. The first-order valence-electron chi connectivity index (χ1n) is 8.95. The summed E-state index contributed by atoms with van der Waals surface area (Å²) >= 11 is 0. The number of carbonyl (C=O) groups excluding carboxylic acids is 1. The highest BCUT2D eigenvalue weighted by molar-refractivity contribution is 5.98. The van der Waals surface area contributed by atoms with Crippen molar-refractivity contribution in [3.05, 3.63) is 60.0 Å². The molecular formula is C21H23FN2O3. The van der Waals surface area contributed by atoms with Crippen LogP contribution in [-0.4, -0.2) is 39.9 Å². The molecule has 0 aliphatic heterocycles. The van der Waals surface area contributed by atoms with Gasteiger partial charge in [0, 0.05) is 17.4 Å². The van der Waals surface area contributed by atoms with Crippen molar-refractivity contribution in [3.8, 4) is 11.1 Å². The number of hydrogen-bond donors (Lipinski definition) is 4. The minimum absolute atomic E-state index is 0.127. The van der Waals surface area contributed by atoms with E-state index in [1.807, 2.05) is 18.2 Å². The van der Waals surface area contributed by atoms with Crippen LogP contribution in [0.15, 0.2) is 48.5 Å². The first-order valence-corrected chi connectivity index (χ1v) is 8.95. The van der Waals surface area contributed by atoms with Crippen molar-refractivity contribution in [2.45, 2.75) is 32.0 Å². The van der Waals surface area contributed by atoms with Crippen LogP contribution in [0.5, 0.6) is 0 Å². The largest absolute Gasteiger partial charge is 0.393 e. The van der Waals surface area contributed by atoms with Crippen LogP contribution in [0.3, 0.4) is 0 Å². The van der Waals surface area contributed by atoms with E-state index in [4.69, 9.17) is 0 Å². The second-order valence-electron chi connectivity index (χ2n) is 6.78. The number of nitrogens with one attached hydrogen (secondary N) is 2. The Bertz CT molecular complexity index is 919. The summed E-state index contributed by atoms with van der Waals surface area (Å²) in [5.41, 5.74) is 3.02. The summed E-state index contributed by atoms with van der Waals surface area (Å²) in [5.74, 6) is -0.583. The summed E-state index contributed by atoms with van der Waals surface area (Å²) in [6.07, 6.45) is -0.265. The lowest BCUT2D eigenvalue weighted by Crippen LogP contribution is -2.32. The molecule has 0 bridgehead atoms. The fourth-order valence-corrected chi connectivity index (χ4v) is 2.91. The smallest absolute Gasteiger partial charge is 0.267 e. The molecule has 6 heteroatoms. The quantitative estimate of drug-likeness (QED) is 0.515. The molecule has 0 saturated heterocycles. The van der Waals surface area contributed by atoms with Gasteiger partial charge in [0.25, 0.3) is 5.91 Å². The van der Waals surface area contributed by atoms with Crippen LogP contribution in [0.1, 0.15) is 30.3 Å². The molecular weight excluding hydrogens is 347 g/mol. The van der Waals surface area contributed by atoms with Gasteiger partial charge in [0.2, 0.25) is 0 Å². The standard InChI is InChI=1S/C21H23FN2O3/c1-13(25)2-9-18(26)12-23-21(27)20-11-16-4-3-15(10-19(16)24-20)14-5-7-17(22)8-6-14/h3-8,10-11,13,18,24-26H,2,9,12H2,1H3,(H,23,27)/t13?,18-/m0/s1. The van der Waals surface area contributed by atoms with Crippen LogP contribution in [0.2, 0.25) is 0 Å². The molecule has 1 heterocycles. The Morgan fingerprint density at radius 3 is 2.48 bits per heavy atom. The van der Waals surface area contributed by atoms with Gasteiger partial charge >= 0.3 is 0 Å². The van der Waals surface area contributed by atoms with Gasteiger partial charge in [-0.05, 0) is 55.2 Å². The molecule has 2 atom stereocenters. The monoisotopic (exact) mass is 370 g/mol. The van der Waals surface area contributed by atoms with E-state index in [1.165, 1.54) is 12.1 Å². The highest BCUT2D eigenvalue weighted by Gasteiger charge is 2.13. The zero-order valence-corrected chi connectivity index (χ0v) is 15.1. The predicted octanol–water partition coefficient (Wildman–Crippen LogP) is 3.23. The van der Waals surface area contributed by atoms with Crippen LogP contribution >= 0.6 is 0 Å². The lowest BCUT2D eigenvalue weighted by Gasteiger charge is -2.12. The van der Waals surface area contributed by atoms with E-state index in [2.05, 4.69) is 10.3 Å². The van der Waals surface area contributed by atoms with Crippen molar-refractivity contribution < 1.29 is 19.4 Å². The highest BCUT2D eigenvalue weighted by Crippen LogP contribution is 2.25. The van der Waals surface area contributed by atoms with E-state index in [9.17, 15) is 19.4 Å². The Balaban J connectivity index is 1.69. The molecule has 1 amide bonds.